The molecule has 1 aliphatic rings. The average molecular weight is 176 g/mol. The number of carbonyl (C=O) groups is 1. The van der Waals surface area contributed by atoms with E-state index >= 15 is 0 Å². The van der Waals surface area contributed by atoms with Gasteiger partial charge >= 0.3 is 0 Å². The quantitative estimate of drug-likeness (QED) is 0.587. The molecule has 3 nitrogen and oxygen atoms in total. The number of rotatable bonds is 0. The SMILES string of the molecule is Cc1c(N)cc2c(c1C)CC(=O)N2. The molecule has 1 aromatic rings. The number of hydrogen-bond acceptors (Lipinski definition) is 2. The Labute approximate surface area is 76.9 Å². The Balaban J connectivity index is 2.66. The summed E-state index contributed by atoms with van der Waals surface area (Å²) in [6, 6.07) is 1.84. The highest BCUT2D eigenvalue weighted by atomic mass is 16.1. The molecule has 1 aromatic carbocycles. The molecule has 0 aromatic heterocycles. The van der Waals surface area contributed by atoms with Gasteiger partial charge in [0.05, 0.1) is 6.42 Å². The lowest BCUT2D eigenvalue weighted by atomic mass is 9.99. The Hall–Kier alpha value is -1.51. The van der Waals surface area contributed by atoms with Gasteiger partial charge in [0.1, 0.15) is 0 Å². The van der Waals surface area contributed by atoms with Gasteiger partial charge in [-0.2, -0.15) is 0 Å². The minimum Gasteiger partial charge on any atom is -0.398 e. The second-order valence-corrected chi connectivity index (χ2v) is 3.47. The molecule has 1 amide bonds. The third-order valence-corrected chi connectivity index (χ3v) is 2.68. The first-order chi connectivity index (χ1) is 6.09. The first-order valence-corrected chi connectivity index (χ1v) is 4.28. The number of benzene rings is 1. The van der Waals surface area contributed by atoms with Crippen LogP contribution in [-0.2, 0) is 11.2 Å². The first kappa shape index (κ1) is 8.10. The highest BCUT2D eigenvalue weighted by Gasteiger charge is 2.21. The number of anilines is 2. The summed E-state index contributed by atoms with van der Waals surface area (Å²) in [4.78, 5) is 11.1. The summed E-state index contributed by atoms with van der Waals surface area (Å²) in [5, 5.41) is 2.79. The van der Waals surface area contributed by atoms with E-state index in [-0.39, 0.29) is 5.91 Å². The summed E-state index contributed by atoms with van der Waals surface area (Å²) in [6.07, 6.45) is 0.488. The van der Waals surface area contributed by atoms with Crippen LogP contribution in [0.3, 0.4) is 0 Å². The van der Waals surface area contributed by atoms with Crippen LogP contribution in [0.15, 0.2) is 6.07 Å². The second kappa shape index (κ2) is 2.49. The van der Waals surface area contributed by atoms with E-state index in [0.29, 0.717) is 6.42 Å². The van der Waals surface area contributed by atoms with Crippen molar-refractivity contribution in [1.82, 2.24) is 0 Å². The Morgan fingerprint density at radius 1 is 1.38 bits per heavy atom. The van der Waals surface area contributed by atoms with E-state index in [9.17, 15) is 4.79 Å². The number of hydrogen-bond donors (Lipinski definition) is 2. The Morgan fingerprint density at radius 2 is 2.08 bits per heavy atom. The molecule has 3 N–H and O–H groups in total. The molecule has 0 spiro atoms. The fraction of sp³-hybridized carbons (Fsp3) is 0.300. The molecule has 0 unspecified atom stereocenters. The van der Waals surface area contributed by atoms with Gasteiger partial charge in [0.25, 0.3) is 0 Å². The van der Waals surface area contributed by atoms with Crippen molar-refractivity contribution in [3.05, 3.63) is 22.8 Å². The van der Waals surface area contributed by atoms with Gasteiger partial charge in [-0.1, -0.05) is 0 Å². The molecule has 3 heteroatoms. The molecule has 0 radical (unpaired) electrons. The van der Waals surface area contributed by atoms with Gasteiger partial charge in [0.15, 0.2) is 0 Å². The smallest absolute Gasteiger partial charge is 0.228 e. The van der Waals surface area contributed by atoms with Crippen LogP contribution < -0.4 is 11.1 Å². The van der Waals surface area contributed by atoms with Gasteiger partial charge in [0, 0.05) is 11.4 Å². The fourth-order valence-electron chi connectivity index (χ4n) is 1.69. The zero-order valence-corrected chi connectivity index (χ0v) is 7.77. The summed E-state index contributed by atoms with van der Waals surface area (Å²) >= 11 is 0. The van der Waals surface area contributed by atoms with Crippen molar-refractivity contribution in [2.45, 2.75) is 20.3 Å². The van der Waals surface area contributed by atoms with Crippen molar-refractivity contribution in [2.24, 2.45) is 0 Å². The number of nitrogens with one attached hydrogen (secondary N) is 1. The molecule has 0 aliphatic carbocycles. The molecule has 0 atom stereocenters. The standard InChI is InChI=1S/C10H12N2O/c1-5-6(2)8(11)4-9-7(5)3-10(13)12-9/h4H,3,11H2,1-2H3,(H,12,13). The average Bonchev–Trinajstić information content (AvgIpc) is 2.42. The van der Waals surface area contributed by atoms with Crippen LogP contribution >= 0.6 is 0 Å². The number of carbonyl (C=O) groups excluding carboxylic acids is 1. The predicted molar refractivity (Wildman–Crippen MR) is 52.7 cm³/mol. The Bertz CT molecular complexity index is 396. The summed E-state index contributed by atoms with van der Waals surface area (Å²) in [5.74, 6) is 0.0584. The van der Waals surface area contributed by atoms with Crippen molar-refractivity contribution in [1.29, 1.82) is 0 Å². The van der Waals surface area contributed by atoms with E-state index in [2.05, 4.69) is 5.32 Å². The maximum Gasteiger partial charge on any atom is 0.228 e. The van der Waals surface area contributed by atoms with Crippen LogP contribution in [-0.4, -0.2) is 5.91 Å². The van der Waals surface area contributed by atoms with Gasteiger partial charge < -0.3 is 11.1 Å². The van der Waals surface area contributed by atoms with Crippen LogP contribution in [0.25, 0.3) is 0 Å². The topological polar surface area (TPSA) is 55.1 Å². The maximum absolute atomic E-state index is 11.1. The number of fused-ring (bicyclic) bond motifs is 1. The number of nitrogens with two attached hydrogens (primary N) is 1. The normalized spacial score (nSPS) is 14.2. The monoisotopic (exact) mass is 176 g/mol. The molecule has 2 rings (SSSR count). The van der Waals surface area contributed by atoms with Gasteiger partial charge in [-0.05, 0) is 36.6 Å². The molecule has 0 saturated carbocycles. The van der Waals surface area contributed by atoms with Crippen molar-refractivity contribution in [3.63, 3.8) is 0 Å². The summed E-state index contributed by atoms with van der Waals surface area (Å²) in [6.45, 7) is 3.98. The van der Waals surface area contributed by atoms with E-state index < -0.39 is 0 Å². The lowest BCUT2D eigenvalue weighted by Gasteiger charge is -2.09. The third kappa shape index (κ3) is 1.08. The fourth-order valence-corrected chi connectivity index (χ4v) is 1.69. The molecular weight excluding hydrogens is 164 g/mol. The van der Waals surface area contributed by atoms with E-state index in [4.69, 9.17) is 5.73 Å². The van der Waals surface area contributed by atoms with Gasteiger partial charge in [-0.25, -0.2) is 0 Å². The van der Waals surface area contributed by atoms with Gasteiger partial charge in [0.2, 0.25) is 5.91 Å². The van der Waals surface area contributed by atoms with Crippen molar-refractivity contribution in [2.75, 3.05) is 11.1 Å². The number of nitrogen functional groups attached to an aromatic ring is 1. The van der Waals surface area contributed by atoms with Crippen LogP contribution in [0.1, 0.15) is 16.7 Å². The molecule has 0 fully saturated rings. The summed E-state index contributed by atoms with van der Waals surface area (Å²) in [7, 11) is 0. The van der Waals surface area contributed by atoms with Crippen LogP contribution in [0.4, 0.5) is 11.4 Å². The van der Waals surface area contributed by atoms with Gasteiger partial charge in [-0.3, -0.25) is 4.79 Å². The Morgan fingerprint density at radius 3 is 2.77 bits per heavy atom. The van der Waals surface area contributed by atoms with Crippen LogP contribution in [0, 0.1) is 13.8 Å². The van der Waals surface area contributed by atoms with E-state index in [0.717, 1.165) is 28.1 Å². The zero-order chi connectivity index (χ0) is 9.59. The molecule has 0 bridgehead atoms. The largest absolute Gasteiger partial charge is 0.398 e. The highest BCUT2D eigenvalue weighted by molar-refractivity contribution is 6.00. The van der Waals surface area contributed by atoms with Crippen molar-refractivity contribution >= 4 is 17.3 Å². The predicted octanol–water partition coefficient (Wildman–Crippen LogP) is 1.38. The Kier molecular flexibility index (Phi) is 1.55. The van der Waals surface area contributed by atoms with Crippen LogP contribution in [0.2, 0.25) is 0 Å². The van der Waals surface area contributed by atoms with Crippen molar-refractivity contribution < 1.29 is 4.79 Å². The highest BCUT2D eigenvalue weighted by Crippen LogP contribution is 2.31. The first-order valence-electron chi connectivity index (χ1n) is 4.28. The van der Waals surface area contributed by atoms with E-state index in [1.807, 2.05) is 19.9 Å². The lowest BCUT2D eigenvalue weighted by molar-refractivity contribution is -0.115. The van der Waals surface area contributed by atoms with Crippen LogP contribution in [0.5, 0.6) is 0 Å². The maximum atomic E-state index is 11.1. The van der Waals surface area contributed by atoms with E-state index in [1.165, 1.54) is 0 Å². The molecule has 13 heavy (non-hydrogen) atoms. The van der Waals surface area contributed by atoms with E-state index in [1.54, 1.807) is 0 Å². The molecule has 1 aliphatic heterocycles. The lowest BCUT2D eigenvalue weighted by Crippen LogP contribution is -2.03. The molecule has 0 saturated heterocycles. The minimum absolute atomic E-state index is 0.0584. The zero-order valence-electron chi connectivity index (χ0n) is 7.77. The molecular formula is C10H12N2O. The third-order valence-electron chi connectivity index (χ3n) is 2.68. The van der Waals surface area contributed by atoms with Gasteiger partial charge in [-0.15, -0.1) is 0 Å². The summed E-state index contributed by atoms with van der Waals surface area (Å²) < 4.78 is 0. The molecule has 1 heterocycles. The minimum atomic E-state index is 0.0584. The second-order valence-electron chi connectivity index (χ2n) is 3.47. The number of amides is 1. The van der Waals surface area contributed by atoms with Crippen molar-refractivity contribution in [3.8, 4) is 0 Å². The summed E-state index contributed by atoms with van der Waals surface area (Å²) in [5.41, 5.74) is 10.7. The molecule has 68 valence electrons.